The van der Waals surface area contributed by atoms with Crippen LogP contribution < -0.4 is 5.32 Å². The number of carbonyl (C=O) groups is 1. The lowest BCUT2D eigenvalue weighted by atomic mass is 10.2. The van der Waals surface area contributed by atoms with Crippen molar-refractivity contribution < 1.29 is 4.79 Å². The molecule has 1 N–H and O–H groups in total. The van der Waals surface area contributed by atoms with Gasteiger partial charge in [0.15, 0.2) is 0 Å². The van der Waals surface area contributed by atoms with Gasteiger partial charge in [-0.15, -0.1) is 5.10 Å². The van der Waals surface area contributed by atoms with E-state index in [2.05, 4.69) is 15.6 Å². The number of Topliss-reactive ketones (excluding diaryl/α,β-unsaturated/α-hetero) is 1. The molecule has 0 saturated heterocycles. The Morgan fingerprint density at radius 3 is 3.00 bits per heavy atom. The van der Waals surface area contributed by atoms with E-state index in [4.69, 9.17) is 0 Å². The molecule has 0 aliphatic carbocycles. The lowest BCUT2D eigenvalue weighted by Crippen LogP contribution is -2.14. The van der Waals surface area contributed by atoms with Crippen LogP contribution in [0.15, 0.2) is 6.20 Å². The molecule has 0 atom stereocenters. The van der Waals surface area contributed by atoms with E-state index in [1.807, 2.05) is 7.05 Å². The predicted octanol–water partition coefficient (Wildman–Crippen LogP) is -0.464. The highest BCUT2D eigenvalue weighted by molar-refractivity contribution is 5.80. The molecule has 0 radical (unpaired) electrons. The van der Waals surface area contributed by atoms with Crippen molar-refractivity contribution in [3.05, 3.63) is 11.9 Å². The van der Waals surface area contributed by atoms with E-state index in [1.165, 1.54) is 0 Å². The zero-order valence-electron chi connectivity index (χ0n) is 7.95. The maximum absolute atomic E-state index is 11.3. The Balaban J connectivity index is 2.36. The number of carbonyl (C=O) groups excluding carboxylic acids is 1. The highest BCUT2D eigenvalue weighted by atomic mass is 16.1. The first-order valence-corrected chi connectivity index (χ1v) is 4.24. The number of aryl methyl sites for hydroxylation is 1. The van der Waals surface area contributed by atoms with Gasteiger partial charge in [-0.3, -0.25) is 9.48 Å². The van der Waals surface area contributed by atoms with E-state index in [9.17, 15) is 4.79 Å². The van der Waals surface area contributed by atoms with Gasteiger partial charge in [0.2, 0.25) is 0 Å². The fourth-order valence-corrected chi connectivity index (χ4v) is 1.03. The number of ketones is 1. The van der Waals surface area contributed by atoms with Crippen LogP contribution in [-0.2, 0) is 18.3 Å². The van der Waals surface area contributed by atoms with Crippen molar-refractivity contribution in [1.82, 2.24) is 20.3 Å². The average molecular weight is 182 g/mol. The second kappa shape index (κ2) is 4.71. The number of rotatable bonds is 5. The van der Waals surface area contributed by atoms with Crippen LogP contribution in [0.4, 0.5) is 0 Å². The van der Waals surface area contributed by atoms with Crippen LogP contribution in [0, 0.1) is 0 Å². The fourth-order valence-electron chi connectivity index (χ4n) is 1.03. The second-order valence-corrected chi connectivity index (χ2v) is 2.95. The van der Waals surface area contributed by atoms with Gasteiger partial charge in [0.1, 0.15) is 5.78 Å². The van der Waals surface area contributed by atoms with Gasteiger partial charge in [-0.25, -0.2) is 0 Å². The van der Waals surface area contributed by atoms with E-state index < -0.39 is 0 Å². The van der Waals surface area contributed by atoms with Crippen molar-refractivity contribution in [2.24, 2.45) is 7.05 Å². The quantitative estimate of drug-likeness (QED) is 0.669. The zero-order valence-corrected chi connectivity index (χ0v) is 7.95. The third-order valence-electron chi connectivity index (χ3n) is 1.68. The average Bonchev–Trinajstić information content (AvgIpc) is 2.48. The van der Waals surface area contributed by atoms with Gasteiger partial charge < -0.3 is 5.32 Å². The highest BCUT2D eigenvalue weighted by Crippen LogP contribution is 1.95. The van der Waals surface area contributed by atoms with E-state index >= 15 is 0 Å². The Morgan fingerprint density at radius 2 is 2.46 bits per heavy atom. The summed E-state index contributed by atoms with van der Waals surface area (Å²) in [5.41, 5.74) is 0.739. The number of nitrogens with zero attached hydrogens (tertiary/aromatic N) is 3. The standard InChI is InChI=1S/C8H14N4O/c1-9-4-3-8(13)5-7-6-12(2)11-10-7/h6,9H,3-5H2,1-2H3. The highest BCUT2D eigenvalue weighted by Gasteiger charge is 2.05. The summed E-state index contributed by atoms with van der Waals surface area (Å²) in [6, 6.07) is 0. The summed E-state index contributed by atoms with van der Waals surface area (Å²) in [7, 11) is 3.62. The van der Waals surface area contributed by atoms with Crippen molar-refractivity contribution in [2.45, 2.75) is 12.8 Å². The number of hydrogen-bond acceptors (Lipinski definition) is 4. The van der Waals surface area contributed by atoms with E-state index in [-0.39, 0.29) is 5.78 Å². The first kappa shape index (κ1) is 9.85. The number of aromatic nitrogens is 3. The summed E-state index contributed by atoms with van der Waals surface area (Å²) >= 11 is 0. The van der Waals surface area contributed by atoms with Crippen LogP contribution in [0.25, 0.3) is 0 Å². The van der Waals surface area contributed by atoms with Gasteiger partial charge in [-0.05, 0) is 7.05 Å². The smallest absolute Gasteiger partial charge is 0.140 e. The van der Waals surface area contributed by atoms with Gasteiger partial charge in [0, 0.05) is 26.2 Å². The molecular formula is C8H14N4O. The van der Waals surface area contributed by atoms with Gasteiger partial charge in [-0.2, -0.15) is 0 Å². The van der Waals surface area contributed by atoms with Crippen molar-refractivity contribution in [3.63, 3.8) is 0 Å². The fraction of sp³-hybridized carbons (Fsp3) is 0.625. The molecular weight excluding hydrogens is 168 g/mol. The van der Waals surface area contributed by atoms with Crippen LogP contribution in [0.3, 0.4) is 0 Å². The Hall–Kier alpha value is -1.23. The number of nitrogens with one attached hydrogen (secondary N) is 1. The predicted molar refractivity (Wildman–Crippen MR) is 48.3 cm³/mol. The molecule has 0 saturated carbocycles. The molecule has 0 aliphatic heterocycles. The first-order chi connectivity index (χ1) is 6.22. The third-order valence-corrected chi connectivity index (χ3v) is 1.68. The molecule has 0 aliphatic rings. The van der Waals surface area contributed by atoms with Crippen LogP contribution in [0.5, 0.6) is 0 Å². The minimum Gasteiger partial charge on any atom is -0.319 e. The molecule has 0 bridgehead atoms. The van der Waals surface area contributed by atoms with E-state index in [0.29, 0.717) is 12.8 Å². The van der Waals surface area contributed by atoms with Crippen LogP contribution >= 0.6 is 0 Å². The first-order valence-electron chi connectivity index (χ1n) is 4.24. The lowest BCUT2D eigenvalue weighted by molar-refractivity contribution is -0.118. The summed E-state index contributed by atoms with van der Waals surface area (Å²) in [6.45, 7) is 0.721. The Morgan fingerprint density at radius 1 is 1.69 bits per heavy atom. The molecule has 1 aromatic rings. The maximum atomic E-state index is 11.3. The summed E-state index contributed by atoms with van der Waals surface area (Å²) in [5, 5.41) is 10.5. The molecule has 0 spiro atoms. The molecule has 0 aromatic carbocycles. The molecule has 1 heterocycles. The zero-order chi connectivity index (χ0) is 9.68. The SMILES string of the molecule is CNCCC(=O)Cc1cn(C)nn1. The Labute approximate surface area is 77.1 Å². The van der Waals surface area contributed by atoms with Gasteiger partial charge >= 0.3 is 0 Å². The molecule has 13 heavy (non-hydrogen) atoms. The topological polar surface area (TPSA) is 59.8 Å². The third kappa shape index (κ3) is 3.33. The minimum atomic E-state index is 0.190. The summed E-state index contributed by atoms with van der Waals surface area (Å²) in [6.07, 6.45) is 2.69. The Bertz CT molecular complexity index is 281. The van der Waals surface area contributed by atoms with Crippen molar-refractivity contribution >= 4 is 5.78 Å². The summed E-state index contributed by atoms with van der Waals surface area (Å²) in [5.74, 6) is 0.190. The molecule has 0 unspecified atom stereocenters. The summed E-state index contributed by atoms with van der Waals surface area (Å²) < 4.78 is 1.60. The Kier molecular flexibility index (Phi) is 3.57. The van der Waals surface area contributed by atoms with E-state index in [1.54, 1.807) is 17.9 Å². The molecule has 0 amide bonds. The van der Waals surface area contributed by atoms with Gasteiger partial charge in [0.05, 0.1) is 12.1 Å². The van der Waals surface area contributed by atoms with Crippen LogP contribution in [0.2, 0.25) is 0 Å². The molecule has 5 heteroatoms. The van der Waals surface area contributed by atoms with E-state index in [0.717, 1.165) is 12.2 Å². The molecule has 72 valence electrons. The van der Waals surface area contributed by atoms with Crippen molar-refractivity contribution in [2.75, 3.05) is 13.6 Å². The van der Waals surface area contributed by atoms with Crippen LogP contribution in [-0.4, -0.2) is 34.4 Å². The monoisotopic (exact) mass is 182 g/mol. The molecule has 0 fully saturated rings. The molecule has 1 rings (SSSR count). The maximum Gasteiger partial charge on any atom is 0.140 e. The van der Waals surface area contributed by atoms with Gasteiger partial charge in [0.25, 0.3) is 0 Å². The van der Waals surface area contributed by atoms with Crippen LogP contribution in [0.1, 0.15) is 12.1 Å². The van der Waals surface area contributed by atoms with Crippen molar-refractivity contribution in [1.29, 1.82) is 0 Å². The largest absolute Gasteiger partial charge is 0.319 e. The molecule has 1 aromatic heterocycles. The molecule has 5 nitrogen and oxygen atoms in total. The minimum absolute atomic E-state index is 0.190. The normalized spacial score (nSPS) is 10.3. The number of hydrogen-bond donors (Lipinski definition) is 1. The summed E-state index contributed by atoms with van der Waals surface area (Å²) in [4.78, 5) is 11.3. The lowest BCUT2D eigenvalue weighted by Gasteiger charge is -1.96. The van der Waals surface area contributed by atoms with Crippen molar-refractivity contribution in [3.8, 4) is 0 Å². The second-order valence-electron chi connectivity index (χ2n) is 2.95. The van der Waals surface area contributed by atoms with Gasteiger partial charge in [-0.1, -0.05) is 5.21 Å².